The number of carbonyl (C=O) groups excluding carboxylic acids is 1. The van der Waals surface area contributed by atoms with Crippen molar-refractivity contribution < 1.29 is 19.8 Å². The number of carbonyl (C=O) groups is 2. The van der Waals surface area contributed by atoms with Crippen LogP contribution in [0.3, 0.4) is 0 Å². The van der Waals surface area contributed by atoms with Crippen LogP contribution in [0.2, 0.25) is 0 Å². The van der Waals surface area contributed by atoms with Gasteiger partial charge in [-0.15, -0.1) is 0 Å². The van der Waals surface area contributed by atoms with Gasteiger partial charge in [-0.3, -0.25) is 4.79 Å². The van der Waals surface area contributed by atoms with Crippen LogP contribution in [-0.4, -0.2) is 48.7 Å². The number of rotatable bonds is 3. The fourth-order valence-corrected chi connectivity index (χ4v) is 4.84. The number of fused-ring (bicyclic) bond motifs is 4. The lowest BCUT2D eigenvalue weighted by molar-refractivity contribution is -0.161. The van der Waals surface area contributed by atoms with E-state index in [1.165, 1.54) is 4.90 Å². The highest BCUT2D eigenvalue weighted by atomic mass is 16.4. The molecule has 7 heteroatoms. The van der Waals surface area contributed by atoms with Crippen molar-refractivity contribution in [2.24, 2.45) is 13.0 Å². The molecule has 0 radical (unpaired) electrons. The summed E-state index contributed by atoms with van der Waals surface area (Å²) in [6.07, 6.45) is 1.34. The van der Waals surface area contributed by atoms with Gasteiger partial charge >= 0.3 is 5.97 Å². The number of carboxylic acids is 1. The van der Waals surface area contributed by atoms with E-state index in [2.05, 4.69) is 4.98 Å². The number of pyridine rings is 1. The summed E-state index contributed by atoms with van der Waals surface area (Å²) in [5.74, 6) is -2.00. The Balaban J connectivity index is 1.78. The standard InChI is InChI=1S/C21H19N3O4/c1-10(25)16-15-9-13(18(21(27)28)24(15)20(16)26)11-5-3-7-14-17(11)12-6-4-8-22-19(12)23(14)2/h3-8,10,15-16,25H,9H2,1-2H3,(H,27,28)/t10-,15-,16-/m1/s1. The van der Waals surface area contributed by atoms with Crippen molar-refractivity contribution in [1.82, 2.24) is 14.5 Å². The minimum Gasteiger partial charge on any atom is -0.477 e. The zero-order valence-electron chi connectivity index (χ0n) is 15.5. The molecular weight excluding hydrogens is 358 g/mol. The highest BCUT2D eigenvalue weighted by molar-refractivity contribution is 6.15. The molecule has 1 saturated heterocycles. The Morgan fingerprint density at radius 3 is 2.79 bits per heavy atom. The molecular formula is C21H19N3O4. The molecule has 2 N–H and O–H groups in total. The van der Waals surface area contributed by atoms with E-state index in [0.29, 0.717) is 12.0 Å². The van der Waals surface area contributed by atoms with Crippen molar-refractivity contribution in [3.05, 3.63) is 47.8 Å². The number of hydrogen-bond acceptors (Lipinski definition) is 4. The number of aromatic nitrogens is 2. The van der Waals surface area contributed by atoms with E-state index in [1.807, 2.05) is 41.9 Å². The first-order valence-corrected chi connectivity index (χ1v) is 9.22. The number of aliphatic hydroxyl groups is 1. The lowest BCUT2D eigenvalue weighted by Gasteiger charge is -2.44. The zero-order valence-corrected chi connectivity index (χ0v) is 15.5. The van der Waals surface area contributed by atoms with Crippen LogP contribution in [0.1, 0.15) is 18.9 Å². The van der Waals surface area contributed by atoms with Gasteiger partial charge in [-0.25, -0.2) is 9.78 Å². The smallest absolute Gasteiger partial charge is 0.352 e. The summed E-state index contributed by atoms with van der Waals surface area (Å²) in [6.45, 7) is 1.58. The molecule has 0 spiro atoms. The van der Waals surface area contributed by atoms with E-state index in [-0.39, 0.29) is 17.6 Å². The third kappa shape index (κ3) is 1.99. The average molecular weight is 377 g/mol. The Kier molecular flexibility index (Phi) is 3.42. The van der Waals surface area contributed by atoms with Crippen molar-refractivity contribution >= 4 is 39.4 Å². The summed E-state index contributed by atoms with van der Waals surface area (Å²) in [7, 11) is 1.93. The molecule has 1 aromatic carbocycles. The monoisotopic (exact) mass is 377 g/mol. The summed E-state index contributed by atoms with van der Waals surface area (Å²) in [5, 5.41) is 21.7. The van der Waals surface area contributed by atoms with Gasteiger partial charge in [0.05, 0.1) is 23.6 Å². The first-order valence-electron chi connectivity index (χ1n) is 9.22. The van der Waals surface area contributed by atoms with Crippen molar-refractivity contribution in [3.63, 3.8) is 0 Å². The summed E-state index contributed by atoms with van der Waals surface area (Å²) in [4.78, 5) is 30.4. The van der Waals surface area contributed by atoms with Crippen LogP contribution in [0.4, 0.5) is 0 Å². The Morgan fingerprint density at radius 2 is 2.07 bits per heavy atom. The molecule has 4 heterocycles. The van der Waals surface area contributed by atoms with Crippen LogP contribution in [0.15, 0.2) is 42.2 Å². The lowest BCUT2D eigenvalue weighted by atomic mass is 9.82. The highest BCUT2D eigenvalue weighted by Crippen LogP contribution is 2.48. The second kappa shape index (κ2) is 5.65. The number of hydrogen-bond donors (Lipinski definition) is 2. The summed E-state index contributed by atoms with van der Waals surface area (Å²) < 4.78 is 1.99. The zero-order chi connectivity index (χ0) is 19.7. The minimum atomic E-state index is -1.12. The average Bonchev–Trinajstić information content (AvgIpc) is 3.15. The van der Waals surface area contributed by atoms with Gasteiger partial charge in [0.1, 0.15) is 11.3 Å². The van der Waals surface area contributed by atoms with Crippen LogP contribution < -0.4 is 0 Å². The van der Waals surface area contributed by atoms with Gasteiger partial charge in [0.15, 0.2) is 0 Å². The molecule has 3 aromatic rings. The van der Waals surface area contributed by atoms with Gasteiger partial charge in [-0.1, -0.05) is 12.1 Å². The second-order valence-electron chi connectivity index (χ2n) is 7.51. The van der Waals surface area contributed by atoms with E-state index in [0.717, 1.165) is 27.5 Å². The number of benzene rings is 1. The number of aliphatic carboxylic acids is 1. The van der Waals surface area contributed by atoms with E-state index in [4.69, 9.17) is 0 Å². The highest BCUT2D eigenvalue weighted by Gasteiger charge is 2.56. The molecule has 1 fully saturated rings. The van der Waals surface area contributed by atoms with Gasteiger partial charge in [0, 0.05) is 24.0 Å². The molecule has 142 valence electrons. The summed E-state index contributed by atoms with van der Waals surface area (Å²) >= 11 is 0. The van der Waals surface area contributed by atoms with Crippen molar-refractivity contribution in [1.29, 1.82) is 0 Å². The molecule has 1 amide bonds. The number of carboxylic acid groups (broad SMARTS) is 1. The van der Waals surface area contributed by atoms with Crippen molar-refractivity contribution in [3.8, 4) is 0 Å². The number of β-lactam (4-membered cyclic amide) rings is 1. The molecule has 2 aliphatic heterocycles. The predicted octanol–water partition coefficient (Wildman–Crippen LogP) is 2.13. The molecule has 2 aliphatic rings. The molecule has 28 heavy (non-hydrogen) atoms. The van der Waals surface area contributed by atoms with Gasteiger partial charge < -0.3 is 19.7 Å². The maximum Gasteiger partial charge on any atom is 0.352 e. The minimum absolute atomic E-state index is 0.0280. The maximum atomic E-state index is 12.5. The van der Waals surface area contributed by atoms with E-state index in [9.17, 15) is 19.8 Å². The Labute approximate surface area is 160 Å². The topological polar surface area (TPSA) is 95.7 Å². The van der Waals surface area contributed by atoms with E-state index in [1.54, 1.807) is 13.1 Å². The first kappa shape index (κ1) is 16.9. The van der Waals surface area contributed by atoms with Crippen LogP contribution in [0.25, 0.3) is 27.5 Å². The Morgan fingerprint density at radius 1 is 1.29 bits per heavy atom. The fraction of sp³-hybridized carbons (Fsp3) is 0.286. The molecule has 2 aromatic heterocycles. The molecule has 3 atom stereocenters. The van der Waals surface area contributed by atoms with Gasteiger partial charge in [-0.2, -0.15) is 0 Å². The van der Waals surface area contributed by atoms with Crippen LogP contribution in [0, 0.1) is 5.92 Å². The van der Waals surface area contributed by atoms with Gasteiger partial charge in [0.2, 0.25) is 5.91 Å². The first-order chi connectivity index (χ1) is 13.4. The molecule has 0 saturated carbocycles. The largest absolute Gasteiger partial charge is 0.477 e. The molecule has 0 unspecified atom stereocenters. The van der Waals surface area contributed by atoms with Crippen LogP contribution >= 0.6 is 0 Å². The third-order valence-electron chi connectivity index (χ3n) is 6.03. The van der Waals surface area contributed by atoms with Crippen LogP contribution in [0.5, 0.6) is 0 Å². The molecule has 5 rings (SSSR count). The van der Waals surface area contributed by atoms with E-state index >= 15 is 0 Å². The quantitative estimate of drug-likeness (QED) is 0.682. The Hall–Kier alpha value is -3.19. The molecule has 7 nitrogen and oxygen atoms in total. The fourth-order valence-electron chi connectivity index (χ4n) is 4.84. The Bertz CT molecular complexity index is 1210. The maximum absolute atomic E-state index is 12.5. The number of nitrogens with zero attached hydrogens (tertiary/aromatic N) is 3. The number of aryl methyl sites for hydroxylation is 1. The normalized spacial score (nSPS) is 22.7. The SMILES string of the molecule is C[C@@H](O)[C@H]1C(=O)N2C(C(=O)O)=C(c3cccc4c3c3cccnc3n4C)C[C@H]12. The van der Waals surface area contributed by atoms with E-state index < -0.39 is 18.0 Å². The summed E-state index contributed by atoms with van der Waals surface area (Å²) in [6, 6.07) is 9.31. The van der Waals surface area contributed by atoms with Gasteiger partial charge in [0.25, 0.3) is 0 Å². The number of aliphatic hydroxyl groups excluding tert-OH is 1. The second-order valence-corrected chi connectivity index (χ2v) is 7.51. The van der Waals surface area contributed by atoms with Crippen molar-refractivity contribution in [2.75, 3.05) is 0 Å². The molecule has 0 bridgehead atoms. The predicted molar refractivity (Wildman–Crippen MR) is 103 cm³/mol. The summed E-state index contributed by atoms with van der Waals surface area (Å²) in [5.41, 5.74) is 3.24. The molecule has 0 aliphatic carbocycles. The van der Waals surface area contributed by atoms with Crippen molar-refractivity contribution in [2.45, 2.75) is 25.5 Å². The van der Waals surface area contributed by atoms with Crippen LogP contribution in [-0.2, 0) is 16.6 Å². The third-order valence-corrected chi connectivity index (χ3v) is 6.03. The van der Waals surface area contributed by atoms with Gasteiger partial charge in [-0.05, 0) is 42.7 Å². The lowest BCUT2D eigenvalue weighted by Crippen LogP contribution is -2.61. The number of amides is 1.